The van der Waals surface area contributed by atoms with E-state index in [2.05, 4.69) is 15.1 Å². The molecule has 208 valence electrons. The average molecular weight is 536 g/mol. The van der Waals surface area contributed by atoms with Crippen molar-refractivity contribution in [3.05, 3.63) is 52.8 Å². The van der Waals surface area contributed by atoms with E-state index in [1.165, 1.54) is 0 Å². The Bertz CT molecular complexity index is 1120. The van der Waals surface area contributed by atoms with Crippen LogP contribution in [0.4, 0.5) is 0 Å². The third-order valence-electron chi connectivity index (χ3n) is 6.21. The minimum absolute atomic E-state index is 0.338. The number of piperidine rings is 1. The van der Waals surface area contributed by atoms with E-state index in [-0.39, 0.29) is 5.97 Å². The lowest BCUT2D eigenvalue weighted by Crippen LogP contribution is -2.42. The summed E-state index contributed by atoms with van der Waals surface area (Å²) in [5.74, 6) is -5.39. The number of nitrogens with one attached hydrogen (secondary N) is 1. The molecule has 1 fully saturated rings. The summed E-state index contributed by atoms with van der Waals surface area (Å²) in [5.41, 5.74) is -0.121. The maximum atomic E-state index is 11.9. The van der Waals surface area contributed by atoms with Crippen molar-refractivity contribution in [2.75, 3.05) is 19.7 Å². The van der Waals surface area contributed by atoms with Crippen LogP contribution in [0.15, 0.2) is 30.5 Å². The van der Waals surface area contributed by atoms with E-state index in [1.54, 1.807) is 13.1 Å². The number of aromatic amines is 1. The van der Waals surface area contributed by atoms with Crippen LogP contribution in [-0.4, -0.2) is 89.8 Å². The second kappa shape index (κ2) is 13.1. The molecule has 1 aromatic carbocycles. The van der Waals surface area contributed by atoms with Crippen LogP contribution < -0.4 is 0 Å². The molecule has 1 aliphatic rings. The van der Waals surface area contributed by atoms with Gasteiger partial charge in [0.05, 0.1) is 31.2 Å². The number of hydrogen-bond acceptors (Lipinski definition) is 9. The first-order valence-electron chi connectivity index (χ1n) is 11.9. The van der Waals surface area contributed by atoms with Gasteiger partial charge >= 0.3 is 23.9 Å². The van der Waals surface area contributed by atoms with Crippen LogP contribution in [0.3, 0.4) is 0 Å². The van der Waals surface area contributed by atoms with Gasteiger partial charge in [-0.3, -0.25) is 19.6 Å². The van der Waals surface area contributed by atoms with Crippen LogP contribution >= 0.6 is 0 Å². The number of aryl methyl sites for hydroxylation is 1. The van der Waals surface area contributed by atoms with Crippen molar-refractivity contribution in [2.24, 2.45) is 0 Å². The average Bonchev–Trinajstić information content (AvgIpc) is 3.29. The Kier molecular flexibility index (Phi) is 10.5. The van der Waals surface area contributed by atoms with Gasteiger partial charge in [0, 0.05) is 25.2 Å². The molecule has 13 nitrogen and oxygen atoms in total. The molecule has 2 heterocycles. The number of rotatable bonds is 10. The number of ether oxygens (including phenoxy) is 1. The van der Waals surface area contributed by atoms with Crippen molar-refractivity contribution in [3.8, 4) is 0 Å². The fraction of sp³-hybridized carbons (Fsp3) is 0.480. The first kappa shape index (κ1) is 30.4. The Morgan fingerprint density at radius 3 is 2.16 bits per heavy atom. The minimum Gasteiger partial charge on any atom is -0.481 e. The number of hydrogen-bond donors (Lipinski definition) is 6. The van der Waals surface area contributed by atoms with E-state index >= 15 is 0 Å². The van der Waals surface area contributed by atoms with E-state index in [1.807, 2.05) is 31.2 Å². The van der Waals surface area contributed by atoms with Gasteiger partial charge in [0.2, 0.25) is 0 Å². The first-order chi connectivity index (χ1) is 17.8. The molecule has 0 spiro atoms. The second-order valence-electron chi connectivity index (χ2n) is 9.09. The van der Waals surface area contributed by atoms with E-state index in [0.717, 1.165) is 29.8 Å². The highest BCUT2D eigenvalue weighted by Crippen LogP contribution is 2.35. The van der Waals surface area contributed by atoms with Gasteiger partial charge in [-0.25, -0.2) is 9.59 Å². The molecule has 0 aliphatic carbocycles. The zero-order valence-electron chi connectivity index (χ0n) is 21.2. The van der Waals surface area contributed by atoms with Gasteiger partial charge in [0.25, 0.3) is 0 Å². The predicted octanol–water partition coefficient (Wildman–Crippen LogP) is 1.13. The molecule has 38 heavy (non-hydrogen) atoms. The standard InChI is InChI=1S/C19H25N3O3.C6H8O7/c1-3-25-18(23)17-15(12-20-21-17)13-22-10-8-19(24,9-11-22)16-7-5-4-6-14(16)2;7-3(8)1-6(13,5(11)12)2-4(9)10/h4-7,12,24H,3,8-11,13H2,1-2H3,(H,20,21);13H,1-2H2,(H,7,8)(H,9,10)(H,11,12). The third kappa shape index (κ3) is 8.10. The Morgan fingerprint density at radius 2 is 1.66 bits per heavy atom. The summed E-state index contributed by atoms with van der Waals surface area (Å²) in [7, 11) is 0. The van der Waals surface area contributed by atoms with Crippen LogP contribution in [0.1, 0.15) is 59.8 Å². The van der Waals surface area contributed by atoms with Gasteiger partial charge in [-0.1, -0.05) is 24.3 Å². The topological polar surface area (TPSA) is 211 Å². The van der Waals surface area contributed by atoms with Crippen molar-refractivity contribution in [1.29, 1.82) is 0 Å². The van der Waals surface area contributed by atoms with E-state index in [9.17, 15) is 24.3 Å². The van der Waals surface area contributed by atoms with E-state index in [4.69, 9.17) is 25.2 Å². The van der Waals surface area contributed by atoms with Crippen molar-refractivity contribution < 1.29 is 49.4 Å². The zero-order valence-corrected chi connectivity index (χ0v) is 21.2. The SMILES string of the molecule is CCOC(=O)c1[nH]ncc1CN1CCC(O)(c2ccccc2C)CC1.O=C(O)CC(O)(CC(=O)O)C(=O)O. The van der Waals surface area contributed by atoms with Gasteiger partial charge in [0.15, 0.2) is 5.60 Å². The van der Waals surface area contributed by atoms with Crippen molar-refractivity contribution in [1.82, 2.24) is 15.1 Å². The largest absolute Gasteiger partial charge is 0.481 e. The smallest absolute Gasteiger partial charge is 0.356 e. The molecule has 3 rings (SSSR count). The number of likely N-dealkylation sites (tertiary alicyclic amines) is 1. The van der Waals surface area contributed by atoms with E-state index < -0.39 is 42.0 Å². The number of esters is 1. The van der Waals surface area contributed by atoms with Gasteiger partial charge in [-0.15, -0.1) is 0 Å². The highest BCUT2D eigenvalue weighted by Gasteiger charge is 2.41. The molecule has 0 saturated carbocycles. The molecule has 1 saturated heterocycles. The summed E-state index contributed by atoms with van der Waals surface area (Å²) >= 11 is 0. The highest BCUT2D eigenvalue weighted by molar-refractivity contribution is 5.89. The minimum atomic E-state index is -2.74. The summed E-state index contributed by atoms with van der Waals surface area (Å²) < 4.78 is 5.05. The van der Waals surface area contributed by atoms with Crippen molar-refractivity contribution >= 4 is 23.9 Å². The Labute approximate surface area is 218 Å². The van der Waals surface area contributed by atoms with Gasteiger partial charge < -0.3 is 30.3 Å². The molecule has 6 N–H and O–H groups in total. The Hall–Kier alpha value is -3.81. The molecule has 0 radical (unpaired) electrons. The van der Waals surface area contributed by atoms with Crippen LogP contribution in [0, 0.1) is 6.92 Å². The summed E-state index contributed by atoms with van der Waals surface area (Å²) in [6, 6.07) is 8.02. The van der Waals surface area contributed by atoms with Crippen LogP contribution in [0.5, 0.6) is 0 Å². The number of aliphatic carboxylic acids is 3. The third-order valence-corrected chi connectivity index (χ3v) is 6.21. The normalized spacial score (nSPS) is 15.2. The number of benzene rings is 1. The summed E-state index contributed by atoms with van der Waals surface area (Å²) in [6.07, 6.45) is 0.729. The predicted molar refractivity (Wildman–Crippen MR) is 131 cm³/mol. The second-order valence-corrected chi connectivity index (χ2v) is 9.09. The lowest BCUT2D eigenvalue weighted by atomic mass is 9.82. The number of carbonyl (C=O) groups excluding carboxylic acids is 1. The molecule has 0 bridgehead atoms. The molecule has 13 heteroatoms. The monoisotopic (exact) mass is 535 g/mol. The molecule has 2 aromatic rings. The lowest BCUT2D eigenvalue weighted by Gasteiger charge is -2.39. The fourth-order valence-electron chi connectivity index (χ4n) is 4.21. The number of aliphatic hydroxyl groups is 2. The maximum absolute atomic E-state index is 11.9. The number of H-pyrrole nitrogens is 1. The molecule has 1 aromatic heterocycles. The van der Waals surface area contributed by atoms with E-state index in [0.29, 0.717) is 31.7 Å². The summed E-state index contributed by atoms with van der Waals surface area (Å²) in [5, 5.41) is 51.6. The van der Waals surface area contributed by atoms with Crippen LogP contribution in [-0.2, 0) is 31.3 Å². The zero-order chi connectivity index (χ0) is 28.5. The number of carbonyl (C=O) groups is 4. The van der Waals surface area contributed by atoms with Crippen LogP contribution in [0.2, 0.25) is 0 Å². The van der Waals surface area contributed by atoms with Gasteiger partial charge in [-0.2, -0.15) is 5.10 Å². The van der Waals surface area contributed by atoms with Crippen molar-refractivity contribution in [3.63, 3.8) is 0 Å². The Balaban J connectivity index is 0.000000332. The molecule has 0 unspecified atom stereocenters. The molecular formula is C25H33N3O10. The molecule has 0 amide bonds. The summed E-state index contributed by atoms with van der Waals surface area (Å²) in [4.78, 5) is 44.7. The number of nitrogens with zero attached hydrogens (tertiary/aromatic N) is 2. The molecular weight excluding hydrogens is 502 g/mol. The molecule has 0 atom stereocenters. The number of carboxylic acid groups (broad SMARTS) is 3. The number of aromatic nitrogens is 2. The summed E-state index contributed by atoms with van der Waals surface area (Å²) in [6.45, 7) is 6.30. The van der Waals surface area contributed by atoms with Gasteiger partial charge in [0.1, 0.15) is 5.69 Å². The lowest BCUT2D eigenvalue weighted by molar-refractivity contribution is -0.170. The highest BCUT2D eigenvalue weighted by atomic mass is 16.5. The van der Waals surface area contributed by atoms with Crippen molar-refractivity contribution in [2.45, 2.75) is 57.3 Å². The molecule has 1 aliphatic heterocycles. The maximum Gasteiger partial charge on any atom is 0.356 e. The first-order valence-corrected chi connectivity index (χ1v) is 11.9. The van der Waals surface area contributed by atoms with Gasteiger partial charge in [-0.05, 0) is 37.8 Å². The Morgan fingerprint density at radius 1 is 1.08 bits per heavy atom. The fourth-order valence-corrected chi connectivity index (χ4v) is 4.21. The number of carboxylic acids is 3. The van der Waals surface area contributed by atoms with Crippen LogP contribution in [0.25, 0.3) is 0 Å². The quantitative estimate of drug-likeness (QED) is 0.236.